The summed E-state index contributed by atoms with van der Waals surface area (Å²) in [7, 11) is 1.80. The van der Waals surface area contributed by atoms with E-state index in [2.05, 4.69) is 45.9 Å². The number of anilines is 2. The molecule has 0 unspecified atom stereocenters. The first-order valence-electron chi connectivity index (χ1n) is 6.91. The molecule has 0 amide bonds. The zero-order valence-corrected chi connectivity index (χ0v) is 12.2. The summed E-state index contributed by atoms with van der Waals surface area (Å²) in [5.74, 6) is 1.26. The Morgan fingerprint density at radius 1 is 1.32 bits per heavy atom. The summed E-state index contributed by atoms with van der Waals surface area (Å²) >= 11 is 0. The summed E-state index contributed by atoms with van der Waals surface area (Å²) in [5.41, 5.74) is 0.0917. The molecule has 0 aliphatic carbocycles. The Morgan fingerprint density at radius 2 is 2.11 bits per heavy atom. The quantitative estimate of drug-likeness (QED) is 0.879. The highest BCUT2D eigenvalue weighted by Gasteiger charge is 2.34. The normalized spacial score (nSPS) is 17.6. The van der Waals surface area contributed by atoms with Crippen LogP contribution < -0.4 is 15.0 Å². The highest BCUT2D eigenvalue weighted by Crippen LogP contribution is 2.32. The van der Waals surface area contributed by atoms with Gasteiger partial charge in [0.25, 0.3) is 0 Å². The van der Waals surface area contributed by atoms with E-state index in [-0.39, 0.29) is 5.54 Å². The average molecular weight is 265 g/mol. The maximum Gasteiger partial charge on any atom is 0.323 e. The lowest BCUT2D eigenvalue weighted by atomic mass is 10.0. The van der Waals surface area contributed by atoms with Gasteiger partial charge in [0, 0.05) is 19.1 Å². The Balaban J connectivity index is 2.28. The highest BCUT2D eigenvalue weighted by atomic mass is 16.5. The van der Waals surface area contributed by atoms with E-state index in [1.54, 1.807) is 7.05 Å². The highest BCUT2D eigenvalue weighted by molar-refractivity contribution is 5.41. The number of hydrogen-bond acceptors (Lipinski definition) is 6. The molecule has 1 fully saturated rings. The number of ether oxygens (including phenoxy) is 1. The molecule has 0 radical (unpaired) electrons. The van der Waals surface area contributed by atoms with Crippen LogP contribution in [0.4, 0.5) is 11.9 Å². The van der Waals surface area contributed by atoms with E-state index in [4.69, 9.17) is 4.74 Å². The van der Waals surface area contributed by atoms with Crippen LogP contribution in [0.3, 0.4) is 0 Å². The van der Waals surface area contributed by atoms with Gasteiger partial charge in [-0.15, -0.1) is 0 Å². The van der Waals surface area contributed by atoms with Crippen molar-refractivity contribution in [2.75, 3.05) is 30.4 Å². The van der Waals surface area contributed by atoms with Crippen molar-refractivity contribution < 1.29 is 4.74 Å². The predicted molar refractivity (Wildman–Crippen MR) is 75.8 cm³/mol. The SMILES string of the molecule is CCCOc1nc(NC)nc(N2CCCC2(C)C)n1. The van der Waals surface area contributed by atoms with Gasteiger partial charge in [0.2, 0.25) is 11.9 Å². The number of nitrogens with one attached hydrogen (secondary N) is 1. The molecule has 0 spiro atoms. The Morgan fingerprint density at radius 3 is 2.68 bits per heavy atom. The molecular formula is C13H23N5O. The minimum absolute atomic E-state index is 0.0917. The van der Waals surface area contributed by atoms with Crippen LogP contribution in [0.5, 0.6) is 6.01 Å². The van der Waals surface area contributed by atoms with Gasteiger partial charge in [-0.3, -0.25) is 0 Å². The van der Waals surface area contributed by atoms with E-state index in [0.29, 0.717) is 24.5 Å². The monoisotopic (exact) mass is 265 g/mol. The van der Waals surface area contributed by atoms with E-state index in [9.17, 15) is 0 Å². The van der Waals surface area contributed by atoms with Gasteiger partial charge in [-0.25, -0.2) is 0 Å². The third kappa shape index (κ3) is 3.05. The van der Waals surface area contributed by atoms with Crippen LogP contribution in [0.2, 0.25) is 0 Å². The first-order chi connectivity index (χ1) is 9.06. The third-order valence-electron chi connectivity index (χ3n) is 3.40. The fourth-order valence-corrected chi connectivity index (χ4v) is 2.31. The van der Waals surface area contributed by atoms with Crippen molar-refractivity contribution in [1.29, 1.82) is 0 Å². The first kappa shape index (κ1) is 13.8. The molecule has 1 aromatic heterocycles. The number of aromatic nitrogens is 3. The molecule has 1 aliphatic heterocycles. The maximum absolute atomic E-state index is 5.54. The molecule has 1 N–H and O–H groups in total. The molecule has 0 aromatic carbocycles. The number of rotatable bonds is 5. The van der Waals surface area contributed by atoms with E-state index in [1.165, 1.54) is 6.42 Å². The fraction of sp³-hybridized carbons (Fsp3) is 0.769. The van der Waals surface area contributed by atoms with Gasteiger partial charge >= 0.3 is 6.01 Å². The Hall–Kier alpha value is -1.59. The topological polar surface area (TPSA) is 63.2 Å². The third-order valence-corrected chi connectivity index (χ3v) is 3.40. The molecule has 2 rings (SSSR count). The lowest BCUT2D eigenvalue weighted by Gasteiger charge is -2.31. The summed E-state index contributed by atoms with van der Waals surface area (Å²) in [6.07, 6.45) is 3.25. The van der Waals surface area contributed by atoms with Gasteiger partial charge in [0.15, 0.2) is 0 Å². The van der Waals surface area contributed by atoms with E-state index >= 15 is 0 Å². The molecule has 0 saturated carbocycles. The molecule has 106 valence electrons. The molecule has 19 heavy (non-hydrogen) atoms. The van der Waals surface area contributed by atoms with Gasteiger partial charge in [-0.1, -0.05) is 6.92 Å². The van der Waals surface area contributed by atoms with Gasteiger partial charge in [0.05, 0.1) is 6.61 Å². The van der Waals surface area contributed by atoms with Crippen molar-refractivity contribution >= 4 is 11.9 Å². The van der Waals surface area contributed by atoms with Crippen molar-refractivity contribution in [1.82, 2.24) is 15.0 Å². The Kier molecular flexibility index (Phi) is 4.07. The molecule has 1 aromatic rings. The van der Waals surface area contributed by atoms with Crippen LogP contribution in [0.1, 0.15) is 40.0 Å². The molecule has 6 nitrogen and oxygen atoms in total. The molecule has 1 saturated heterocycles. The second-order valence-corrected chi connectivity index (χ2v) is 5.41. The van der Waals surface area contributed by atoms with Crippen molar-refractivity contribution in [2.24, 2.45) is 0 Å². The molecule has 0 atom stereocenters. The van der Waals surface area contributed by atoms with Crippen LogP contribution >= 0.6 is 0 Å². The Labute approximate surface area is 114 Å². The largest absolute Gasteiger partial charge is 0.463 e. The van der Waals surface area contributed by atoms with Gasteiger partial charge in [0.1, 0.15) is 0 Å². The molecule has 1 aliphatic rings. The summed E-state index contributed by atoms with van der Waals surface area (Å²) < 4.78 is 5.54. The molecule has 0 bridgehead atoms. The van der Waals surface area contributed by atoms with Crippen LogP contribution in [0.15, 0.2) is 0 Å². The van der Waals surface area contributed by atoms with Crippen LogP contribution in [-0.4, -0.2) is 40.7 Å². The second-order valence-electron chi connectivity index (χ2n) is 5.41. The number of nitrogens with zero attached hydrogens (tertiary/aromatic N) is 4. The first-order valence-corrected chi connectivity index (χ1v) is 6.91. The Bertz CT molecular complexity index is 435. The fourth-order valence-electron chi connectivity index (χ4n) is 2.31. The zero-order valence-electron chi connectivity index (χ0n) is 12.2. The molecule has 6 heteroatoms. The van der Waals surface area contributed by atoms with E-state index in [1.807, 2.05) is 0 Å². The minimum atomic E-state index is 0.0917. The van der Waals surface area contributed by atoms with Crippen LogP contribution in [-0.2, 0) is 0 Å². The van der Waals surface area contributed by atoms with Gasteiger partial charge in [-0.05, 0) is 33.1 Å². The summed E-state index contributed by atoms with van der Waals surface area (Å²) in [4.78, 5) is 15.3. The smallest absolute Gasteiger partial charge is 0.323 e. The second kappa shape index (κ2) is 5.59. The van der Waals surface area contributed by atoms with E-state index in [0.717, 1.165) is 19.4 Å². The molecule has 2 heterocycles. The lowest BCUT2D eigenvalue weighted by Crippen LogP contribution is -2.39. The summed E-state index contributed by atoms with van der Waals surface area (Å²) in [6.45, 7) is 8.10. The lowest BCUT2D eigenvalue weighted by molar-refractivity contribution is 0.291. The van der Waals surface area contributed by atoms with Gasteiger partial charge < -0.3 is 15.0 Å². The van der Waals surface area contributed by atoms with Crippen LogP contribution in [0.25, 0.3) is 0 Å². The summed E-state index contributed by atoms with van der Waals surface area (Å²) in [6, 6.07) is 0.402. The van der Waals surface area contributed by atoms with Crippen LogP contribution in [0, 0.1) is 0 Å². The zero-order chi connectivity index (χ0) is 13.9. The van der Waals surface area contributed by atoms with E-state index < -0.39 is 0 Å². The molecular weight excluding hydrogens is 242 g/mol. The average Bonchev–Trinajstić information content (AvgIpc) is 2.75. The predicted octanol–water partition coefficient (Wildman–Crippen LogP) is 2.08. The summed E-state index contributed by atoms with van der Waals surface area (Å²) in [5, 5.41) is 2.97. The minimum Gasteiger partial charge on any atom is -0.463 e. The van der Waals surface area contributed by atoms with Gasteiger partial charge in [-0.2, -0.15) is 15.0 Å². The number of hydrogen-bond donors (Lipinski definition) is 1. The standard InChI is InChI=1S/C13H23N5O/c1-5-9-19-12-16-10(14-4)15-11(17-12)18-8-6-7-13(18,2)3/h5-9H2,1-4H3,(H,14,15,16,17). The maximum atomic E-state index is 5.54. The van der Waals surface area contributed by atoms with Crippen molar-refractivity contribution in [2.45, 2.75) is 45.6 Å². The van der Waals surface area contributed by atoms with Crippen molar-refractivity contribution in [3.05, 3.63) is 0 Å². The van der Waals surface area contributed by atoms with Crippen molar-refractivity contribution in [3.63, 3.8) is 0 Å². The van der Waals surface area contributed by atoms with Crippen molar-refractivity contribution in [3.8, 4) is 6.01 Å².